The molecule has 1 aromatic rings. The van der Waals surface area contributed by atoms with Crippen LogP contribution >= 0.6 is 0 Å². The van der Waals surface area contributed by atoms with Gasteiger partial charge in [0.1, 0.15) is 0 Å². The van der Waals surface area contributed by atoms with Crippen molar-refractivity contribution in [3.63, 3.8) is 0 Å². The standard InChI is InChI=1S/C17H24N2O2/c20-16(21)17(18-15-9-10-15,14-7-3-1-4-8-14)13-19-11-5-2-6-12-19/h1,3-4,7-8,15,18H,2,5-6,9-13H2,(H,20,21). The number of carbonyl (C=O) groups is 1. The molecule has 2 fully saturated rings. The molecule has 1 aromatic carbocycles. The van der Waals surface area contributed by atoms with Crippen molar-refractivity contribution in [1.29, 1.82) is 0 Å². The summed E-state index contributed by atoms with van der Waals surface area (Å²) in [5, 5.41) is 13.4. The number of carboxylic acids is 1. The van der Waals surface area contributed by atoms with Crippen LogP contribution in [0.2, 0.25) is 0 Å². The number of hydrogen-bond donors (Lipinski definition) is 2. The van der Waals surface area contributed by atoms with Gasteiger partial charge in [0, 0.05) is 12.6 Å². The SMILES string of the molecule is O=C(O)C(CN1CCCCC1)(NC1CC1)c1ccccc1. The normalized spacial score (nSPS) is 22.7. The highest BCUT2D eigenvalue weighted by Gasteiger charge is 2.45. The fourth-order valence-electron chi connectivity index (χ4n) is 3.22. The lowest BCUT2D eigenvalue weighted by Crippen LogP contribution is -2.57. The van der Waals surface area contributed by atoms with E-state index in [1.54, 1.807) is 0 Å². The zero-order valence-electron chi connectivity index (χ0n) is 12.4. The van der Waals surface area contributed by atoms with Crippen molar-refractivity contribution in [3.8, 4) is 0 Å². The molecular weight excluding hydrogens is 264 g/mol. The molecule has 0 radical (unpaired) electrons. The maximum Gasteiger partial charge on any atom is 0.329 e. The first-order chi connectivity index (χ1) is 10.2. The largest absolute Gasteiger partial charge is 0.480 e. The quantitative estimate of drug-likeness (QED) is 0.842. The van der Waals surface area contributed by atoms with Crippen LogP contribution in [-0.4, -0.2) is 41.7 Å². The number of carboxylic acid groups (broad SMARTS) is 1. The summed E-state index contributed by atoms with van der Waals surface area (Å²) in [6.45, 7) is 2.57. The van der Waals surface area contributed by atoms with Gasteiger partial charge in [0.2, 0.25) is 0 Å². The van der Waals surface area contributed by atoms with E-state index in [0.29, 0.717) is 12.6 Å². The zero-order valence-corrected chi connectivity index (χ0v) is 12.4. The summed E-state index contributed by atoms with van der Waals surface area (Å²) in [4.78, 5) is 14.5. The predicted octanol–water partition coefficient (Wildman–Crippen LogP) is 2.20. The van der Waals surface area contributed by atoms with Crippen LogP contribution in [0.15, 0.2) is 30.3 Å². The third kappa shape index (κ3) is 3.27. The molecule has 0 amide bonds. The minimum absolute atomic E-state index is 0.353. The summed E-state index contributed by atoms with van der Waals surface area (Å²) in [5.41, 5.74) is -0.102. The second kappa shape index (κ2) is 6.16. The van der Waals surface area contributed by atoms with Crippen LogP contribution < -0.4 is 5.32 Å². The van der Waals surface area contributed by atoms with Gasteiger partial charge in [0.15, 0.2) is 5.54 Å². The van der Waals surface area contributed by atoms with Gasteiger partial charge in [-0.2, -0.15) is 0 Å². The number of likely N-dealkylation sites (tertiary alicyclic amines) is 1. The van der Waals surface area contributed by atoms with Crippen molar-refractivity contribution in [1.82, 2.24) is 10.2 Å². The third-order valence-electron chi connectivity index (χ3n) is 4.57. The molecule has 1 heterocycles. The summed E-state index contributed by atoms with van der Waals surface area (Å²) in [5.74, 6) is -0.758. The highest BCUT2D eigenvalue weighted by molar-refractivity contribution is 5.81. The molecule has 0 spiro atoms. The average molecular weight is 288 g/mol. The van der Waals surface area contributed by atoms with E-state index in [1.165, 1.54) is 19.3 Å². The number of nitrogens with zero attached hydrogens (tertiary/aromatic N) is 1. The van der Waals surface area contributed by atoms with Crippen LogP contribution in [0.5, 0.6) is 0 Å². The van der Waals surface area contributed by atoms with Crippen LogP contribution in [0.1, 0.15) is 37.7 Å². The average Bonchev–Trinajstić information content (AvgIpc) is 3.32. The molecule has 1 aliphatic heterocycles. The number of benzene rings is 1. The van der Waals surface area contributed by atoms with Gasteiger partial charge in [0.25, 0.3) is 0 Å². The lowest BCUT2D eigenvalue weighted by Gasteiger charge is -2.38. The lowest BCUT2D eigenvalue weighted by molar-refractivity contribution is -0.146. The van der Waals surface area contributed by atoms with Crippen molar-refractivity contribution in [2.24, 2.45) is 0 Å². The minimum Gasteiger partial charge on any atom is -0.480 e. The summed E-state index contributed by atoms with van der Waals surface area (Å²) >= 11 is 0. The highest BCUT2D eigenvalue weighted by Crippen LogP contribution is 2.30. The first-order valence-corrected chi connectivity index (χ1v) is 8.00. The molecule has 2 N–H and O–H groups in total. The van der Waals surface area contributed by atoms with Crippen molar-refractivity contribution in [3.05, 3.63) is 35.9 Å². The number of piperidine rings is 1. The van der Waals surface area contributed by atoms with Gasteiger partial charge >= 0.3 is 5.97 Å². The fraction of sp³-hybridized carbons (Fsp3) is 0.588. The third-order valence-corrected chi connectivity index (χ3v) is 4.57. The molecule has 1 atom stereocenters. The number of nitrogens with one attached hydrogen (secondary N) is 1. The van der Waals surface area contributed by atoms with Crippen molar-refractivity contribution in [2.75, 3.05) is 19.6 Å². The number of rotatable bonds is 6. The van der Waals surface area contributed by atoms with Crippen molar-refractivity contribution >= 4 is 5.97 Å². The minimum atomic E-state index is -0.972. The van der Waals surface area contributed by atoms with E-state index in [9.17, 15) is 9.90 Å². The Labute approximate surface area is 126 Å². The van der Waals surface area contributed by atoms with E-state index in [0.717, 1.165) is 31.5 Å². The molecule has 21 heavy (non-hydrogen) atoms. The summed E-state index contributed by atoms with van der Waals surface area (Å²) < 4.78 is 0. The Morgan fingerprint density at radius 3 is 2.43 bits per heavy atom. The second-order valence-electron chi connectivity index (χ2n) is 6.33. The van der Waals surface area contributed by atoms with Gasteiger partial charge in [-0.05, 0) is 44.3 Å². The van der Waals surface area contributed by atoms with E-state index in [4.69, 9.17) is 0 Å². The Balaban J connectivity index is 1.89. The van der Waals surface area contributed by atoms with Crippen LogP contribution in [0.4, 0.5) is 0 Å². The molecule has 1 saturated carbocycles. The molecule has 4 nitrogen and oxygen atoms in total. The molecule has 1 saturated heterocycles. The first kappa shape index (κ1) is 14.5. The smallest absolute Gasteiger partial charge is 0.329 e. The molecule has 0 bridgehead atoms. The Morgan fingerprint density at radius 2 is 1.86 bits per heavy atom. The van der Waals surface area contributed by atoms with E-state index in [1.807, 2.05) is 30.3 Å². The van der Waals surface area contributed by atoms with Crippen LogP contribution in [0.3, 0.4) is 0 Å². The zero-order chi connectivity index (χ0) is 14.7. The topological polar surface area (TPSA) is 52.6 Å². The molecular formula is C17H24N2O2. The summed E-state index contributed by atoms with van der Waals surface area (Å²) in [6, 6.07) is 10.0. The molecule has 3 rings (SSSR count). The van der Waals surface area contributed by atoms with Gasteiger partial charge in [-0.1, -0.05) is 36.8 Å². The second-order valence-corrected chi connectivity index (χ2v) is 6.33. The molecule has 0 aromatic heterocycles. The molecule has 1 aliphatic carbocycles. The maximum absolute atomic E-state index is 12.2. The Kier molecular flexibility index (Phi) is 4.27. The fourth-order valence-corrected chi connectivity index (χ4v) is 3.22. The molecule has 1 unspecified atom stereocenters. The number of hydrogen-bond acceptors (Lipinski definition) is 3. The Bertz CT molecular complexity index is 481. The van der Waals surface area contributed by atoms with Crippen LogP contribution in [0, 0.1) is 0 Å². The van der Waals surface area contributed by atoms with Crippen LogP contribution in [-0.2, 0) is 10.3 Å². The van der Waals surface area contributed by atoms with E-state index in [2.05, 4.69) is 10.2 Å². The lowest BCUT2D eigenvalue weighted by atomic mass is 9.88. The predicted molar refractivity (Wildman–Crippen MR) is 82.2 cm³/mol. The van der Waals surface area contributed by atoms with Crippen LogP contribution in [0.25, 0.3) is 0 Å². The maximum atomic E-state index is 12.2. The van der Waals surface area contributed by atoms with Gasteiger partial charge in [-0.25, -0.2) is 4.79 Å². The van der Waals surface area contributed by atoms with Gasteiger partial charge in [0.05, 0.1) is 0 Å². The molecule has 2 aliphatic rings. The molecule has 4 heteroatoms. The number of aliphatic carboxylic acids is 1. The van der Waals surface area contributed by atoms with Gasteiger partial charge < -0.3 is 10.0 Å². The van der Waals surface area contributed by atoms with Crippen molar-refractivity contribution in [2.45, 2.75) is 43.7 Å². The van der Waals surface area contributed by atoms with E-state index in [-0.39, 0.29) is 0 Å². The Morgan fingerprint density at radius 1 is 1.19 bits per heavy atom. The van der Waals surface area contributed by atoms with E-state index < -0.39 is 11.5 Å². The summed E-state index contributed by atoms with van der Waals surface area (Å²) in [6.07, 6.45) is 5.78. The highest BCUT2D eigenvalue weighted by atomic mass is 16.4. The van der Waals surface area contributed by atoms with E-state index >= 15 is 0 Å². The first-order valence-electron chi connectivity index (χ1n) is 8.00. The Hall–Kier alpha value is -1.39. The van der Waals surface area contributed by atoms with Gasteiger partial charge in [-0.3, -0.25) is 5.32 Å². The molecule has 114 valence electrons. The monoisotopic (exact) mass is 288 g/mol. The summed E-state index contributed by atoms with van der Waals surface area (Å²) in [7, 11) is 0. The van der Waals surface area contributed by atoms with Gasteiger partial charge in [-0.15, -0.1) is 0 Å². The van der Waals surface area contributed by atoms with Crippen molar-refractivity contribution < 1.29 is 9.90 Å².